The molecule has 2 aromatic rings. The second kappa shape index (κ2) is 6.23. The first-order chi connectivity index (χ1) is 10.2. The van der Waals surface area contributed by atoms with E-state index in [0.717, 1.165) is 11.1 Å². The van der Waals surface area contributed by atoms with Crippen LogP contribution in [-0.2, 0) is 5.60 Å². The predicted molar refractivity (Wildman–Crippen MR) is 97.7 cm³/mol. The maximum Gasteiger partial charge on any atom is 0.0970 e. The van der Waals surface area contributed by atoms with Gasteiger partial charge in [-0.25, -0.2) is 0 Å². The Bertz CT molecular complexity index is 624. The molecule has 0 aliphatic rings. The van der Waals surface area contributed by atoms with Crippen LogP contribution in [0.5, 0.6) is 0 Å². The molecule has 0 heterocycles. The summed E-state index contributed by atoms with van der Waals surface area (Å²) in [6, 6.07) is 20.2. The number of benzene rings is 2. The van der Waals surface area contributed by atoms with Crippen molar-refractivity contribution in [3.05, 3.63) is 83.6 Å². The molecule has 0 aromatic heterocycles. The molecule has 1 nitrogen and oxygen atoms in total. The Hall–Kier alpha value is -1.64. The summed E-state index contributed by atoms with van der Waals surface area (Å²) in [5.74, 6) is -0.0947. The minimum Gasteiger partial charge on any atom is -0.384 e. The molecule has 1 N–H and O–H groups in total. The van der Waals surface area contributed by atoms with Crippen LogP contribution in [0.4, 0.5) is 0 Å². The second-order valence-corrected chi connectivity index (χ2v) is 12.3. The van der Waals surface area contributed by atoms with Crippen molar-refractivity contribution in [3.8, 4) is 0 Å². The molecular formula is C20H26OSi. The van der Waals surface area contributed by atoms with Gasteiger partial charge in [-0.1, -0.05) is 85.5 Å². The number of rotatable bonds is 5. The number of hydrogen-bond donors (Lipinski definition) is 1. The molecule has 22 heavy (non-hydrogen) atoms. The van der Waals surface area contributed by atoms with Gasteiger partial charge >= 0.3 is 0 Å². The molecule has 2 atom stereocenters. The largest absolute Gasteiger partial charge is 0.384 e. The predicted octanol–water partition coefficient (Wildman–Crippen LogP) is 5.11. The minimum atomic E-state index is -1.60. The summed E-state index contributed by atoms with van der Waals surface area (Å²) in [4.78, 5) is 0. The van der Waals surface area contributed by atoms with E-state index in [1.54, 1.807) is 0 Å². The molecule has 2 heteroatoms. The van der Waals surface area contributed by atoms with Gasteiger partial charge in [0.15, 0.2) is 0 Å². The standard InChI is InChI=1S/C20H26OSi/c1-16(22(3,4)5)19(17-12-8-6-9-13-17)20(2,21)18-14-10-7-11-15-18/h6-15,19,21H,1H2,2-5H3/t19-,20-/m0/s1. The summed E-state index contributed by atoms with van der Waals surface area (Å²) in [5.41, 5.74) is 1.09. The first-order valence-corrected chi connectivity index (χ1v) is 11.3. The topological polar surface area (TPSA) is 20.2 Å². The highest BCUT2D eigenvalue weighted by Crippen LogP contribution is 2.43. The highest BCUT2D eigenvalue weighted by atomic mass is 28.3. The fourth-order valence-electron chi connectivity index (χ4n) is 2.89. The third-order valence-electron chi connectivity index (χ3n) is 4.37. The zero-order valence-electron chi connectivity index (χ0n) is 14.0. The maximum absolute atomic E-state index is 11.4. The van der Waals surface area contributed by atoms with Crippen molar-refractivity contribution in [2.24, 2.45) is 0 Å². The molecule has 0 spiro atoms. The van der Waals surface area contributed by atoms with E-state index in [4.69, 9.17) is 0 Å². The fourth-order valence-corrected chi connectivity index (χ4v) is 4.20. The van der Waals surface area contributed by atoms with Crippen LogP contribution in [0.3, 0.4) is 0 Å². The monoisotopic (exact) mass is 310 g/mol. The summed E-state index contributed by atoms with van der Waals surface area (Å²) < 4.78 is 0. The lowest BCUT2D eigenvalue weighted by molar-refractivity contribution is 0.0399. The molecule has 0 fully saturated rings. The lowest BCUT2D eigenvalue weighted by atomic mass is 9.78. The minimum absolute atomic E-state index is 0.0947. The van der Waals surface area contributed by atoms with Gasteiger partial charge < -0.3 is 5.11 Å². The molecule has 0 aliphatic heterocycles. The van der Waals surface area contributed by atoms with Gasteiger partial charge in [0, 0.05) is 5.92 Å². The van der Waals surface area contributed by atoms with Gasteiger partial charge in [-0.3, -0.25) is 0 Å². The first kappa shape index (κ1) is 16.7. The average molecular weight is 311 g/mol. The van der Waals surface area contributed by atoms with Crippen LogP contribution in [0.1, 0.15) is 24.0 Å². The normalized spacial score (nSPS) is 15.9. The van der Waals surface area contributed by atoms with Gasteiger partial charge in [-0.2, -0.15) is 0 Å². The summed E-state index contributed by atoms with van der Waals surface area (Å²) in [5, 5.41) is 12.6. The lowest BCUT2D eigenvalue weighted by Gasteiger charge is -2.39. The quantitative estimate of drug-likeness (QED) is 0.761. The van der Waals surface area contributed by atoms with Crippen LogP contribution in [0.25, 0.3) is 0 Å². The van der Waals surface area contributed by atoms with Crippen molar-refractivity contribution >= 4 is 8.07 Å². The van der Waals surface area contributed by atoms with Gasteiger partial charge in [0.05, 0.1) is 13.7 Å². The molecule has 116 valence electrons. The SMILES string of the molecule is C=C([C@@H](c1ccccc1)[C@@](C)(O)c1ccccc1)[Si](C)(C)C. The third-order valence-corrected chi connectivity index (χ3v) is 6.58. The molecule has 0 saturated heterocycles. The molecule has 2 aromatic carbocycles. The zero-order valence-corrected chi connectivity index (χ0v) is 15.0. The Morgan fingerprint density at radius 2 is 1.41 bits per heavy atom. The van der Waals surface area contributed by atoms with Gasteiger partial charge in [-0.15, -0.1) is 6.58 Å². The van der Waals surface area contributed by atoms with E-state index in [9.17, 15) is 5.11 Å². The summed E-state index contributed by atoms with van der Waals surface area (Å²) in [6.07, 6.45) is 0. The Morgan fingerprint density at radius 1 is 0.955 bits per heavy atom. The Balaban J connectivity index is 2.56. The third kappa shape index (κ3) is 3.40. The van der Waals surface area contributed by atoms with Gasteiger partial charge in [0.1, 0.15) is 0 Å². The molecule has 0 bridgehead atoms. The number of hydrogen-bond acceptors (Lipinski definition) is 1. The molecule has 0 radical (unpaired) electrons. The number of aliphatic hydroxyl groups is 1. The van der Waals surface area contributed by atoms with E-state index >= 15 is 0 Å². The van der Waals surface area contributed by atoms with Gasteiger partial charge in [-0.05, 0) is 18.1 Å². The summed E-state index contributed by atoms with van der Waals surface area (Å²) in [7, 11) is -1.60. The van der Waals surface area contributed by atoms with E-state index < -0.39 is 13.7 Å². The van der Waals surface area contributed by atoms with Crippen LogP contribution >= 0.6 is 0 Å². The molecule has 0 aliphatic carbocycles. The molecular weight excluding hydrogens is 284 g/mol. The molecule has 0 amide bonds. The first-order valence-electron chi connectivity index (χ1n) is 7.76. The zero-order chi connectivity index (χ0) is 16.4. The van der Waals surface area contributed by atoms with E-state index in [1.165, 1.54) is 5.20 Å². The van der Waals surface area contributed by atoms with Crippen LogP contribution in [0.15, 0.2) is 72.4 Å². The van der Waals surface area contributed by atoms with E-state index in [0.29, 0.717) is 0 Å². The highest BCUT2D eigenvalue weighted by molar-refractivity contribution is 6.83. The van der Waals surface area contributed by atoms with Crippen molar-refractivity contribution in [1.29, 1.82) is 0 Å². The maximum atomic E-state index is 11.4. The second-order valence-electron chi connectivity index (χ2n) is 7.13. The Kier molecular flexibility index (Phi) is 4.74. The summed E-state index contributed by atoms with van der Waals surface area (Å²) >= 11 is 0. The van der Waals surface area contributed by atoms with Crippen molar-refractivity contribution in [2.45, 2.75) is 38.1 Å². The Morgan fingerprint density at radius 3 is 1.86 bits per heavy atom. The lowest BCUT2D eigenvalue weighted by Crippen LogP contribution is -2.38. The highest BCUT2D eigenvalue weighted by Gasteiger charge is 2.40. The van der Waals surface area contributed by atoms with E-state index in [-0.39, 0.29) is 5.92 Å². The van der Waals surface area contributed by atoms with Gasteiger partial charge in [0.2, 0.25) is 0 Å². The molecule has 0 unspecified atom stereocenters. The fraction of sp³-hybridized carbons (Fsp3) is 0.300. The smallest absolute Gasteiger partial charge is 0.0970 e. The van der Waals surface area contributed by atoms with Crippen molar-refractivity contribution in [3.63, 3.8) is 0 Å². The average Bonchev–Trinajstić information content (AvgIpc) is 2.48. The van der Waals surface area contributed by atoms with Crippen molar-refractivity contribution in [2.75, 3.05) is 0 Å². The van der Waals surface area contributed by atoms with E-state index in [2.05, 4.69) is 38.4 Å². The van der Waals surface area contributed by atoms with E-state index in [1.807, 2.05) is 55.5 Å². The van der Waals surface area contributed by atoms with Crippen molar-refractivity contribution in [1.82, 2.24) is 0 Å². The summed E-state index contributed by atoms with van der Waals surface area (Å²) in [6.45, 7) is 13.2. The van der Waals surface area contributed by atoms with Crippen LogP contribution in [0.2, 0.25) is 19.6 Å². The van der Waals surface area contributed by atoms with Crippen LogP contribution in [0, 0.1) is 0 Å². The molecule has 0 saturated carbocycles. The van der Waals surface area contributed by atoms with Crippen LogP contribution in [-0.4, -0.2) is 13.2 Å². The van der Waals surface area contributed by atoms with Gasteiger partial charge in [0.25, 0.3) is 0 Å². The Labute approximate surface area is 135 Å². The molecule has 2 rings (SSSR count). The van der Waals surface area contributed by atoms with Crippen molar-refractivity contribution < 1.29 is 5.11 Å². The van der Waals surface area contributed by atoms with Crippen LogP contribution < -0.4 is 0 Å².